The van der Waals surface area contributed by atoms with Crippen molar-refractivity contribution in [1.29, 1.82) is 5.26 Å². The quantitative estimate of drug-likeness (QED) is 0.418. The third kappa shape index (κ3) is 5.24. The van der Waals surface area contributed by atoms with Crippen molar-refractivity contribution < 1.29 is 17.9 Å². The lowest BCUT2D eigenvalue weighted by Gasteiger charge is -2.09. The molecule has 2 aromatic carbocycles. The predicted molar refractivity (Wildman–Crippen MR) is 107 cm³/mol. The zero-order chi connectivity index (χ0) is 21.7. The number of nitrogens with zero attached hydrogens (tertiary/aromatic N) is 3. The SMILES string of the molecule is N#Cc1c(-c2ccccc2)nc(NN=Cc2ccc(OC(F)(F)F)cc2Br)[nH]c1=O. The highest BCUT2D eigenvalue weighted by Crippen LogP contribution is 2.27. The Hall–Kier alpha value is -3.65. The number of aromatic amines is 1. The molecule has 0 bridgehead atoms. The maximum Gasteiger partial charge on any atom is 0.573 e. The molecule has 1 aromatic heterocycles. The van der Waals surface area contributed by atoms with E-state index in [0.29, 0.717) is 15.6 Å². The summed E-state index contributed by atoms with van der Waals surface area (Å²) in [6.07, 6.45) is -3.48. The number of nitrogens with one attached hydrogen (secondary N) is 2. The number of ether oxygens (including phenoxy) is 1. The van der Waals surface area contributed by atoms with E-state index in [2.05, 4.69) is 41.2 Å². The number of benzene rings is 2. The van der Waals surface area contributed by atoms with Crippen LogP contribution in [0.1, 0.15) is 11.1 Å². The smallest absolute Gasteiger partial charge is 0.406 e. The van der Waals surface area contributed by atoms with Crippen LogP contribution in [0, 0.1) is 11.3 Å². The summed E-state index contributed by atoms with van der Waals surface area (Å²) >= 11 is 3.14. The summed E-state index contributed by atoms with van der Waals surface area (Å²) in [5.41, 5.74) is 2.97. The van der Waals surface area contributed by atoms with Crippen LogP contribution in [-0.4, -0.2) is 22.5 Å². The fourth-order valence-electron chi connectivity index (χ4n) is 2.41. The standard InChI is InChI=1S/C19H11BrF3N5O2/c20-15-8-13(30-19(21,22)23)7-6-12(15)10-25-28-18-26-16(11-4-2-1-3-5-11)14(9-24)17(29)27-18/h1-8,10H,(H2,26,27,28,29). The second kappa shape index (κ2) is 8.79. The van der Waals surface area contributed by atoms with Crippen LogP contribution >= 0.6 is 15.9 Å². The molecular formula is C19H11BrF3N5O2. The van der Waals surface area contributed by atoms with Crippen molar-refractivity contribution in [3.8, 4) is 23.1 Å². The van der Waals surface area contributed by atoms with Crippen molar-refractivity contribution in [1.82, 2.24) is 9.97 Å². The van der Waals surface area contributed by atoms with E-state index in [9.17, 15) is 23.2 Å². The van der Waals surface area contributed by atoms with E-state index in [0.717, 1.165) is 12.1 Å². The van der Waals surface area contributed by atoms with E-state index in [1.807, 2.05) is 6.07 Å². The van der Waals surface area contributed by atoms with Gasteiger partial charge in [-0.05, 0) is 34.1 Å². The molecule has 0 radical (unpaired) electrons. The zero-order valence-corrected chi connectivity index (χ0v) is 16.5. The number of halogens is 4. The number of rotatable bonds is 5. The van der Waals surface area contributed by atoms with Gasteiger partial charge in [0, 0.05) is 15.6 Å². The van der Waals surface area contributed by atoms with Gasteiger partial charge in [-0.3, -0.25) is 9.78 Å². The van der Waals surface area contributed by atoms with Gasteiger partial charge in [0.05, 0.1) is 11.9 Å². The second-order valence-electron chi connectivity index (χ2n) is 5.72. The lowest BCUT2D eigenvalue weighted by molar-refractivity contribution is -0.274. The minimum atomic E-state index is -4.79. The minimum Gasteiger partial charge on any atom is -0.406 e. The summed E-state index contributed by atoms with van der Waals surface area (Å²) in [6, 6.07) is 14.2. The van der Waals surface area contributed by atoms with Crippen LogP contribution in [0.15, 0.2) is 62.9 Å². The molecule has 0 aliphatic carbocycles. The number of H-pyrrole nitrogens is 1. The first kappa shape index (κ1) is 21.1. The minimum absolute atomic E-state index is 0.0118. The molecule has 0 aliphatic heterocycles. The van der Waals surface area contributed by atoms with Crippen LogP contribution in [0.5, 0.6) is 5.75 Å². The van der Waals surface area contributed by atoms with Crippen molar-refractivity contribution in [2.75, 3.05) is 5.43 Å². The average Bonchev–Trinajstić information content (AvgIpc) is 2.69. The second-order valence-corrected chi connectivity index (χ2v) is 6.57. The van der Waals surface area contributed by atoms with E-state index < -0.39 is 11.9 Å². The molecule has 0 aliphatic rings. The molecule has 7 nitrogen and oxygen atoms in total. The molecule has 0 atom stereocenters. The third-order valence-corrected chi connectivity index (χ3v) is 4.34. The monoisotopic (exact) mass is 477 g/mol. The summed E-state index contributed by atoms with van der Waals surface area (Å²) in [6.45, 7) is 0. The molecular weight excluding hydrogens is 467 g/mol. The van der Waals surface area contributed by atoms with Crippen molar-refractivity contribution >= 4 is 28.1 Å². The van der Waals surface area contributed by atoms with Gasteiger partial charge in [-0.2, -0.15) is 10.4 Å². The Balaban J connectivity index is 1.83. The molecule has 0 unspecified atom stereocenters. The molecule has 0 fully saturated rings. The Kier molecular flexibility index (Phi) is 6.17. The first-order valence-electron chi connectivity index (χ1n) is 8.21. The molecule has 3 rings (SSSR count). The molecule has 2 N–H and O–H groups in total. The Morgan fingerprint density at radius 1 is 1.23 bits per heavy atom. The lowest BCUT2D eigenvalue weighted by atomic mass is 10.1. The van der Waals surface area contributed by atoms with Gasteiger partial charge in [-0.1, -0.05) is 30.3 Å². The number of aromatic nitrogens is 2. The molecule has 1 heterocycles. The van der Waals surface area contributed by atoms with Crippen molar-refractivity contribution in [3.63, 3.8) is 0 Å². The normalized spacial score (nSPS) is 11.3. The van der Waals surface area contributed by atoms with Crippen molar-refractivity contribution in [2.45, 2.75) is 6.36 Å². The van der Waals surface area contributed by atoms with Gasteiger partial charge >= 0.3 is 6.36 Å². The van der Waals surface area contributed by atoms with Crippen LogP contribution in [0.4, 0.5) is 19.1 Å². The van der Waals surface area contributed by atoms with Gasteiger partial charge in [0.2, 0.25) is 5.95 Å². The average molecular weight is 478 g/mol. The van der Waals surface area contributed by atoms with Gasteiger partial charge in [0.1, 0.15) is 17.4 Å². The van der Waals surface area contributed by atoms with Crippen LogP contribution in [-0.2, 0) is 0 Å². The van der Waals surface area contributed by atoms with Crippen molar-refractivity contribution in [3.05, 3.63) is 74.5 Å². The molecule has 0 amide bonds. The van der Waals surface area contributed by atoms with E-state index in [4.69, 9.17) is 0 Å². The lowest BCUT2D eigenvalue weighted by Crippen LogP contribution is -2.17. The van der Waals surface area contributed by atoms with E-state index >= 15 is 0 Å². The van der Waals surface area contributed by atoms with E-state index in [-0.39, 0.29) is 23.0 Å². The van der Waals surface area contributed by atoms with Gasteiger partial charge in [-0.25, -0.2) is 10.4 Å². The third-order valence-electron chi connectivity index (χ3n) is 3.66. The van der Waals surface area contributed by atoms with E-state index in [1.165, 1.54) is 12.3 Å². The largest absolute Gasteiger partial charge is 0.573 e. The molecule has 152 valence electrons. The Labute approximate surface area is 176 Å². The first-order chi connectivity index (χ1) is 14.3. The molecule has 0 saturated heterocycles. The number of alkyl halides is 3. The number of nitriles is 1. The van der Waals surface area contributed by atoms with Crippen LogP contribution in [0.2, 0.25) is 0 Å². The number of hydrogen-bond donors (Lipinski definition) is 2. The molecule has 30 heavy (non-hydrogen) atoms. The Morgan fingerprint density at radius 3 is 2.60 bits per heavy atom. The van der Waals surface area contributed by atoms with Gasteiger partial charge < -0.3 is 4.74 Å². The Morgan fingerprint density at radius 2 is 1.97 bits per heavy atom. The van der Waals surface area contributed by atoms with Crippen molar-refractivity contribution in [2.24, 2.45) is 5.10 Å². The van der Waals surface area contributed by atoms with Crippen LogP contribution in [0.25, 0.3) is 11.3 Å². The highest BCUT2D eigenvalue weighted by Gasteiger charge is 2.31. The molecule has 3 aromatic rings. The molecule has 11 heteroatoms. The molecule has 0 spiro atoms. The highest BCUT2D eigenvalue weighted by molar-refractivity contribution is 9.10. The van der Waals surface area contributed by atoms with Gasteiger partial charge in [-0.15, -0.1) is 13.2 Å². The summed E-state index contributed by atoms with van der Waals surface area (Å²) in [5, 5.41) is 13.2. The summed E-state index contributed by atoms with van der Waals surface area (Å²) < 4.78 is 41.0. The van der Waals surface area contributed by atoms with Gasteiger partial charge in [0.15, 0.2) is 0 Å². The van der Waals surface area contributed by atoms with Gasteiger partial charge in [0.25, 0.3) is 5.56 Å². The zero-order valence-electron chi connectivity index (χ0n) is 14.9. The first-order valence-corrected chi connectivity index (χ1v) is 9.00. The fraction of sp³-hybridized carbons (Fsp3) is 0.0526. The van der Waals surface area contributed by atoms with E-state index in [1.54, 1.807) is 30.3 Å². The molecule has 0 saturated carbocycles. The topological polar surface area (TPSA) is 103 Å². The number of hydrogen-bond acceptors (Lipinski definition) is 6. The summed E-state index contributed by atoms with van der Waals surface area (Å²) in [4.78, 5) is 18.8. The summed E-state index contributed by atoms with van der Waals surface area (Å²) in [7, 11) is 0. The Bertz CT molecular complexity index is 1190. The van der Waals surface area contributed by atoms with Crippen LogP contribution in [0.3, 0.4) is 0 Å². The van der Waals surface area contributed by atoms with Crippen LogP contribution < -0.4 is 15.7 Å². The maximum atomic E-state index is 12.3. The highest BCUT2D eigenvalue weighted by atomic mass is 79.9. The number of anilines is 1. The summed E-state index contributed by atoms with van der Waals surface area (Å²) in [5.74, 6) is -0.396. The maximum absolute atomic E-state index is 12.3. The number of hydrazone groups is 1. The predicted octanol–water partition coefficient (Wildman–Crippen LogP) is 4.42. The fourth-order valence-corrected chi connectivity index (χ4v) is 2.87.